The van der Waals surface area contributed by atoms with Gasteiger partial charge in [0.15, 0.2) is 0 Å². The number of rotatable bonds is 8. The lowest BCUT2D eigenvalue weighted by Crippen LogP contribution is -2.35. The van der Waals surface area contributed by atoms with E-state index in [-0.39, 0.29) is 6.61 Å². The molecule has 3 nitrogen and oxygen atoms in total. The molecule has 2 aromatic rings. The van der Waals surface area contributed by atoms with Crippen LogP contribution in [-0.2, 0) is 6.54 Å². The Kier molecular flexibility index (Phi) is 6.99. The summed E-state index contributed by atoms with van der Waals surface area (Å²) in [5.41, 5.74) is 0. The fourth-order valence-corrected chi connectivity index (χ4v) is 3.38. The van der Waals surface area contributed by atoms with Crippen molar-refractivity contribution in [2.24, 2.45) is 0 Å². The average molecular weight is 360 g/mol. The lowest BCUT2D eigenvalue weighted by molar-refractivity contribution is 0.0678. The minimum Gasteiger partial charge on any atom is -0.489 e. The van der Waals surface area contributed by atoms with Crippen LogP contribution in [0.25, 0.3) is 0 Å². The molecule has 120 valence electrons. The van der Waals surface area contributed by atoms with Crippen LogP contribution in [0.15, 0.2) is 36.4 Å². The van der Waals surface area contributed by atoms with Crippen LogP contribution >= 0.6 is 34.5 Å². The van der Waals surface area contributed by atoms with Gasteiger partial charge in [0, 0.05) is 18.0 Å². The highest BCUT2D eigenvalue weighted by Crippen LogP contribution is 2.24. The lowest BCUT2D eigenvalue weighted by atomic mass is 10.3. The first-order valence-electron chi connectivity index (χ1n) is 7.10. The molecule has 1 atom stereocenters. The predicted octanol–water partition coefficient (Wildman–Crippen LogP) is 4.32. The Morgan fingerprint density at radius 2 is 2.00 bits per heavy atom. The van der Waals surface area contributed by atoms with Gasteiger partial charge >= 0.3 is 0 Å². The zero-order valence-electron chi connectivity index (χ0n) is 12.3. The van der Waals surface area contributed by atoms with Gasteiger partial charge in [0.2, 0.25) is 0 Å². The first kappa shape index (κ1) is 17.6. The van der Waals surface area contributed by atoms with Gasteiger partial charge in [-0.25, -0.2) is 0 Å². The Balaban J connectivity index is 1.81. The molecule has 1 unspecified atom stereocenters. The van der Waals surface area contributed by atoms with E-state index in [4.69, 9.17) is 27.9 Å². The van der Waals surface area contributed by atoms with Crippen molar-refractivity contribution in [2.45, 2.75) is 19.6 Å². The molecule has 0 saturated carbocycles. The number of likely N-dealkylation sites (N-methyl/N-ethyl adjacent to an activating group) is 1. The van der Waals surface area contributed by atoms with E-state index in [1.165, 1.54) is 4.88 Å². The number of para-hydroxylation sites is 1. The second-order valence-corrected chi connectivity index (χ2v) is 7.14. The van der Waals surface area contributed by atoms with Crippen LogP contribution in [0.1, 0.15) is 11.8 Å². The van der Waals surface area contributed by atoms with Crippen LogP contribution in [0, 0.1) is 0 Å². The van der Waals surface area contributed by atoms with Crippen LogP contribution < -0.4 is 4.74 Å². The first-order valence-corrected chi connectivity index (χ1v) is 8.67. The quantitative estimate of drug-likeness (QED) is 0.761. The number of benzene rings is 1. The molecule has 22 heavy (non-hydrogen) atoms. The van der Waals surface area contributed by atoms with Crippen LogP contribution in [0.3, 0.4) is 0 Å². The molecule has 1 aromatic carbocycles. The summed E-state index contributed by atoms with van der Waals surface area (Å²) in [6.07, 6.45) is -0.577. The van der Waals surface area contributed by atoms with Gasteiger partial charge < -0.3 is 9.84 Å². The van der Waals surface area contributed by atoms with Crippen molar-refractivity contribution in [3.05, 3.63) is 50.6 Å². The van der Waals surface area contributed by atoms with Crippen molar-refractivity contribution in [3.63, 3.8) is 0 Å². The maximum Gasteiger partial charge on any atom is 0.138 e. The molecule has 0 spiro atoms. The van der Waals surface area contributed by atoms with Gasteiger partial charge in [-0.1, -0.05) is 42.3 Å². The third kappa shape index (κ3) is 5.45. The van der Waals surface area contributed by atoms with Crippen LogP contribution in [0.2, 0.25) is 9.36 Å². The maximum absolute atomic E-state index is 10.2. The third-order valence-electron chi connectivity index (χ3n) is 3.19. The molecule has 0 amide bonds. The number of halogens is 2. The van der Waals surface area contributed by atoms with Crippen molar-refractivity contribution in [1.29, 1.82) is 0 Å². The summed E-state index contributed by atoms with van der Waals surface area (Å²) in [6.45, 7) is 4.44. The van der Waals surface area contributed by atoms with Gasteiger partial charge in [-0.2, -0.15) is 0 Å². The Labute approximate surface area is 145 Å². The van der Waals surface area contributed by atoms with E-state index < -0.39 is 6.10 Å². The Morgan fingerprint density at radius 1 is 1.23 bits per heavy atom. The fraction of sp³-hybridized carbons (Fsp3) is 0.375. The summed E-state index contributed by atoms with van der Waals surface area (Å²) in [7, 11) is 0. The van der Waals surface area contributed by atoms with E-state index in [0.717, 1.165) is 17.4 Å². The summed E-state index contributed by atoms with van der Waals surface area (Å²) < 4.78 is 6.36. The molecule has 0 saturated heterocycles. The second kappa shape index (κ2) is 8.75. The summed E-state index contributed by atoms with van der Waals surface area (Å²) in [5.74, 6) is 0.594. The lowest BCUT2D eigenvalue weighted by Gasteiger charge is -2.23. The topological polar surface area (TPSA) is 32.7 Å². The number of nitrogens with zero attached hydrogens (tertiary/aromatic N) is 1. The van der Waals surface area contributed by atoms with E-state index in [1.54, 1.807) is 23.5 Å². The van der Waals surface area contributed by atoms with Gasteiger partial charge in [0.1, 0.15) is 18.5 Å². The van der Waals surface area contributed by atoms with Gasteiger partial charge in [-0.05, 0) is 30.8 Å². The molecule has 1 N–H and O–H groups in total. The number of thiophene rings is 1. The van der Waals surface area contributed by atoms with Crippen molar-refractivity contribution in [3.8, 4) is 5.75 Å². The molecular formula is C16H19Cl2NO2S. The molecule has 0 aliphatic carbocycles. The highest BCUT2D eigenvalue weighted by atomic mass is 35.5. The molecule has 0 aliphatic rings. The minimum atomic E-state index is -0.577. The molecule has 1 aromatic heterocycles. The Hall–Kier alpha value is -0.780. The smallest absolute Gasteiger partial charge is 0.138 e. The minimum absolute atomic E-state index is 0.214. The summed E-state index contributed by atoms with van der Waals surface area (Å²) in [6, 6.07) is 11.2. The van der Waals surface area contributed by atoms with Gasteiger partial charge in [-0.3, -0.25) is 4.90 Å². The van der Waals surface area contributed by atoms with Gasteiger partial charge in [0.05, 0.1) is 9.36 Å². The summed E-state index contributed by atoms with van der Waals surface area (Å²) >= 11 is 13.5. The highest BCUT2D eigenvalue weighted by Gasteiger charge is 2.13. The van der Waals surface area contributed by atoms with Crippen molar-refractivity contribution < 1.29 is 9.84 Å². The van der Waals surface area contributed by atoms with Gasteiger partial charge in [0.25, 0.3) is 0 Å². The molecule has 2 rings (SSSR count). The Morgan fingerprint density at radius 3 is 2.64 bits per heavy atom. The monoisotopic (exact) mass is 359 g/mol. The van der Waals surface area contributed by atoms with E-state index >= 15 is 0 Å². The van der Waals surface area contributed by atoms with Gasteiger partial charge in [-0.15, -0.1) is 11.3 Å². The molecule has 1 heterocycles. The molecule has 0 radical (unpaired) electrons. The van der Waals surface area contributed by atoms with Crippen LogP contribution in [0.4, 0.5) is 0 Å². The van der Waals surface area contributed by atoms with Crippen molar-refractivity contribution in [1.82, 2.24) is 4.90 Å². The van der Waals surface area contributed by atoms with E-state index in [0.29, 0.717) is 17.3 Å². The van der Waals surface area contributed by atoms with Crippen molar-refractivity contribution >= 4 is 34.5 Å². The van der Waals surface area contributed by atoms with Crippen LogP contribution in [-0.4, -0.2) is 35.8 Å². The van der Waals surface area contributed by atoms with E-state index in [2.05, 4.69) is 11.8 Å². The normalized spacial score (nSPS) is 12.6. The summed E-state index contributed by atoms with van der Waals surface area (Å²) in [4.78, 5) is 3.34. The third-order valence-corrected chi connectivity index (χ3v) is 4.72. The molecule has 6 heteroatoms. The summed E-state index contributed by atoms with van der Waals surface area (Å²) in [5, 5.41) is 10.7. The second-order valence-electron chi connectivity index (χ2n) is 4.93. The van der Waals surface area contributed by atoms with Crippen LogP contribution in [0.5, 0.6) is 5.75 Å². The number of ether oxygens (including phenoxy) is 1. The molecule has 0 fully saturated rings. The number of aliphatic hydroxyl groups excluding tert-OH is 1. The highest BCUT2D eigenvalue weighted by molar-refractivity contribution is 7.16. The molecular weight excluding hydrogens is 341 g/mol. The average Bonchev–Trinajstić information content (AvgIpc) is 2.91. The zero-order chi connectivity index (χ0) is 15.9. The van der Waals surface area contributed by atoms with E-state index in [9.17, 15) is 5.11 Å². The number of hydrogen-bond acceptors (Lipinski definition) is 4. The predicted molar refractivity (Wildman–Crippen MR) is 93.2 cm³/mol. The largest absolute Gasteiger partial charge is 0.489 e. The fourth-order valence-electron chi connectivity index (χ4n) is 2.06. The SMILES string of the molecule is CCN(Cc1ccc(Cl)s1)CC(O)COc1ccccc1Cl. The van der Waals surface area contributed by atoms with Crippen molar-refractivity contribution in [2.75, 3.05) is 19.7 Å². The van der Waals surface area contributed by atoms with E-state index in [1.807, 2.05) is 24.3 Å². The first-order chi connectivity index (χ1) is 10.6. The molecule has 0 bridgehead atoms. The standard InChI is InChI=1S/C16H19Cl2NO2S/c1-2-19(10-13-7-8-16(18)22-13)9-12(20)11-21-15-6-4-3-5-14(15)17/h3-8,12,20H,2,9-11H2,1H3. The number of hydrogen-bond donors (Lipinski definition) is 1. The zero-order valence-corrected chi connectivity index (χ0v) is 14.7. The molecule has 0 aliphatic heterocycles. The number of aliphatic hydroxyl groups is 1. The maximum atomic E-state index is 10.2. The Bertz CT molecular complexity index is 591.